The zero-order valence-corrected chi connectivity index (χ0v) is 14.1. The lowest BCUT2D eigenvalue weighted by Gasteiger charge is -2.52. The SMILES string of the molecule is O=C(c1ccccc1)[C@H]1CN(C2CCCCC2)[C@@H]1c1ccccc1. The van der Waals surface area contributed by atoms with Crippen LogP contribution in [0, 0.1) is 5.92 Å². The van der Waals surface area contributed by atoms with E-state index < -0.39 is 0 Å². The number of nitrogens with zero attached hydrogens (tertiary/aromatic N) is 1. The highest BCUT2D eigenvalue weighted by Crippen LogP contribution is 2.44. The Morgan fingerprint density at radius 2 is 1.46 bits per heavy atom. The number of ketones is 1. The summed E-state index contributed by atoms with van der Waals surface area (Å²) < 4.78 is 0. The number of hydrogen-bond acceptors (Lipinski definition) is 2. The van der Waals surface area contributed by atoms with Crippen LogP contribution in [0.4, 0.5) is 0 Å². The molecule has 0 radical (unpaired) electrons. The Bertz CT molecular complexity index is 676. The van der Waals surface area contributed by atoms with E-state index in [1.807, 2.05) is 30.3 Å². The molecule has 0 N–H and O–H groups in total. The third-order valence-corrected chi connectivity index (χ3v) is 5.73. The maximum Gasteiger partial charge on any atom is 0.169 e. The van der Waals surface area contributed by atoms with Gasteiger partial charge in [-0.25, -0.2) is 0 Å². The second-order valence-electron chi connectivity index (χ2n) is 7.18. The molecule has 2 fully saturated rings. The zero-order valence-electron chi connectivity index (χ0n) is 14.1. The first-order valence-electron chi connectivity index (χ1n) is 9.24. The smallest absolute Gasteiger partial charge is 0.169 e. The van der Waals surface area contributed by atoms with Gasteiger partial charge in [0.25, 0.3) is 0 Å². The van der Waals surface area contributed by atoms with Crippen molar-refractivity contribution in [2.45, 2.75) is 44.2 Å². The van der Waals surface area contributed by atoms with Crippen LogP contribution in [0.25, 0.3) is 0 Å². The molecule has 2 aromatic rings. The van der Waals surface area contributed by atoms with E-state index in [0.717, 1.165) is 12.1 Å². The van der Waals surface area contributed by atoms with Crippen molar-refractivity contribution in [3.05, 3.63) is 71.8 Å². The first kappa shape index (κ1) is 15.6. The lowest BCUT2D eigenvalue weighted by Crippen LogP contribution is -2.57. The molecule has 1 heterocycles. The molecule has 2 nitrogen and oxygen atoms in total. The summed E-state index contributed by atoms with van der Waals surface area (Å²) in [4.78, 5) is 15.6. The first-order valence-corrected chi connectivity index (χ1v) is 9.24. The molecule has 0 unspecified atom stereocenters. The molecule has 0 bridgehead atoms. The Morgan fingerprint density at radius 1 is 0.833 bits per heavy atom. The molecular formula is C22H25NO. The highest BCUT2D eigenvalue weighted by molar-refractivity contribution is 5.99. The molecule has 2 aromatic carbocycles. The Kier molecular flexibility index (Phi) is 4.48. The van der Waals surface area contributed by atoms with Crippen LogP contribution in [0.3, 0.4) is 0 Å². The van der Waals surface area contributed by atoms with E-state index in [2.05, 4.69) is 35.2 Å². The summed E-state index contributed by atoms with van der Waals surface area (Å²) in [5.41, 5.74) is 2.15. The van der Waals surface area contributed by atoms with Gasteiger partial charge in [0, 0.05) is 24.2 Å². The summed E-state index contributed by atoms with van der Waals surface area (Å²) in [6.07, 6.45) is 6.61. The molecule has 2 atom stereocenters. The lowest BCUT2D eigenvalue weighted by molar-refractivity contribution is -0.0251. The number of carbonyl (C=O) groups is 1. The fourth-order valence-corrected chi connectivity index (χ4v) is 4.44. The maximum atomic E-state index is 13.0. The molecule has 2 heteroatoms. The number of carbonyl (C=O) groups excluding carboxylic acids is 1. The first-order chi connectivity index (χ1) is 11.8. The molecule has 1 aliphatic carbocycles. The van der Waals surface area contributed by atoms with Crippen LogP contribution in [-0.4, -0.2) is 23.3 Å². The third kappa shape index (κ3) is 2.91. The van der Waals surface area contributed by atoms with Gasteiger partial charge in [0.2, 0.25) is 0 Å². The van der Waals surface area contributed by atoms with E-state index >= 15 is 0 Å². The van der Waals surface area contributed by atoms with E-state index in [4.69, 9.17) is 0 Å². The zero-order chi connectivity index (χ0) is 16.4. The molecule has 0 amide bonds. The average Bonchev–Trinajstić information content (AvgIpc) is 2.63. The second kappa shape index (κ2) is 6.90. The number of rotatable bonds is 4. The Labute approximate surface area is 144 Å². The summed E-state index contributed by atoms with van der Waals surface area (Å²) in [7, 11) is 0. The van der Waals surface area contributed by atoms with Gasteiger partial charge in [-0.1, -0.05) is 79.9 Å². The second-order valence-corrected chi connectivity index (χ2v) is 7.18. The van der Waals surface area contributed by atoms with Crippen molar-refractivity contribution in [3.63, 3.8) is 0 Å². The van der Waals surface area contributed by atoms with Crippen molar-refractivity contribution in [2.24, 2.45) is 5.92 Å². The summed E-state index contributed by atoms with van der Waals surface area (Å²) in [5, 5.41) is 0. The minimum atomic E-state index is 0.0942. The van der Waals surface area contributed by atoms with Crippen LogP contribution >= 0.6 is 0 Å². The van der Waals surface area contributed by atoms with E-state index in [1.165, 1.54) is 37.7 Å². The van der Waals surface area contributed by atoms with Gasteiger partial charge in [-0.05, 0) is 18.4 Å². The molecule has 4 rings (SSSR count). The molecule has 1 aliphatic heterocycles. The normalized spacial score (nSPS) is 25.2. The number of likely N-dealkylation sites (tertiary alicyclic amines) is 1. The molecular weight excluding hydrogens is 294 g/mol. The largest absolute Gasteiger partial charge is 0.294 e. The standard InChI is InChI=1S/C22H25NO/c24-22(18-12-6-2-7-13-18)20-16-23(19-14-8-3-9-15-19)21(20)17-10-4-1-5-11-17/h1-2,4-7,10-13,19-21H,3,8-9,14-16H2/t20-,21+/m0/s1. The van der Waals surface area contributed by atoms with Gasteiger partial charge in [0.1, 0.15) is 0 Å². The van der Waals surface area contributed by atoms with Crippen molar-refractivity contribution in [1.29, 1.82) is 0 Å². The minimum Gasteiger partial charge on any atom is -0.294 e. The van der Waals surface area contributed by atoms with E-state index in [-0.39, 0.29) is 12.0 Å². The Balaban J connectivity index is 1.59. The number of hydrogen-bond donors (Lipinski definition) is 0. The average molecular weight is 319 g/mol. The minimum absolute atomic E-state index is 0.0942. The van der Waals surface area contributed by atoms with Crippen molar-refractivity contribution >= 4 is 5.78 Å². The Hall–Kier alpha value is -1.93. The highest BCUT2D eigenvalue weighted by atomic mass is 16.1. The van der Waals surface area contributed by atoms with Gasteiger partial charge in [-0.3, -0.25) is 9.69 Å². The van der Waals surface area contributed by atoms with E-state index in [1.54, 1.807) is 0 Å². The van der Waals surface area contributed by atoms with Crippen LogP contribution in [0.2, 0.25) is 0 Å². The van der Waals surface area contributed by atoms with Gasteiger partial charge < -0.3 is 0 Å². The summed E-state index contributed by atoms with van der Waals surface area (Å²) in [6.45, 7) is 0.915. The predicted octanol–water partition coefficient (Wildman–Crippen LogP) is 4.88. The molecule has 1 saturated heterocycles. The topological polar surface area (TPSA) is 20.3 Å². The van der Waals surface area contributed by atoms with Crippen molar-refractivity contribution < 1.29 is 4.79 Å². The van der Waals surface area contributed by atoms with E-state index in [0.29, 0.717) is 11.8 Å². The van der Waals surface area contributed by atoms with Crippen LogP contribution in [0.5, 0.6) is 0 Å². The molecule has 1 saturated carbocycles. The van der Waals surface area contributed by atoms with Crippen LogP contribution in [-0.2, 0) is 0 Å². The van der Waals surface area contributed by atoms with Crippen molar-refractivity contribution in [3.8, 4) is 0 Å². The summed E-state index contributed by atoms with van der Waals surface area (Å²) in [6, 6.07) is 21.3. The fraction of sp³-hybridized carbons (Fsp3) is 0.409. The van der Waals surface area contributed by atoms with Gasteiger partial charge in [0.15, 0.2) is 5.78 Å². The number of benzene rings is 2. The van der Waals surface area contributed by atoms with Gasteiger partial charge in [0.05, 0.1) is 5.92 Å². The van der Waals surface area contributed by atoms with E-state index in [9.17, 15) is 4.79 Å². The van der Waals surface area contributed by atoms with Crippen molar-refractivity contribution in [1.82, 2.24) is 4.90 Å². The fourth-order valence-electron chi connectivity index (χ4n) is 4.44. The molecule has 2 aliphatic rings. The van der Waals surface area contributed by atoms with Crippen LogP contribution in [0.1, 0.15) is 54.1 Å². The molecule has 0 spiro atoms. The van der Waals surface area contributed by atoms with Gasteiger partial charge in [-0.2, -0.15) is 0 Å². The maximum absolute atomic E-state index is 13.0. The monoisotopic (exact) mass is 319 g/mol. The molecule has 0 aromatic heterocycles. The highest BCUT2D eigenvalue weighted by Gasteiger charge is 2.47. The lowest BCUT2D eigenvalue weighted by atomic mass is 9.76. The third-order valence-electron chi connectivity index (χ3n) is 5.73. The Morgan fingerprint density at radius 3 is 2.12 bits per heavy atom. The van der Waals surface area contributed by atoms with Crippen LogP contribution in [0.15, 0.2) is 60.7 Å². The van der Waals surface area contributed by atoms with Gasteiger partial charge in [-0.15, -0.1) is 0 Å². The van der Waals surface area contributed by atoms with Crippen LogP contribution < -0.4 is 0 Å². The summed E-state index contributed by atoms with van der Waals surface area (Å²) in [5.74, 6) is 0.397. The summed E-state index contributed by atoms with van der Waals surface area (Å²) >= 11 is 0. The molecule has 124 valence electrons. The quantitative estimate of drug-likeness (QED) is 0.749. The van der Waals surface area contributed by atoms with Crippen molar-refractivity contribution in [2.75, 3.05) is 6.54 Å². The van der Waals surface area contributed by atoms with Gasteiger partial charge >= 0.3 is 0 Å². The molecule has 24 heavy (non-hydrogen) atoms. The number of Topliss-reactive ketones (excluding diaryl/α,β-unsaturated/α-hetero) is 1. The predicted molar refractivity (Wildman–Crippen MR) is 97.0 cm³/mol.